The van der Waals surface area contributed by atoms with Gasteiger partial charge in [-0.1, -0.05) is 39.5 Å². The largest absolute Gasteiger partial charge is 0.358 e. The molecule has 0 aliphatic carbocycles. The number of fused-ring (bicyclic) bond motifs is 2. The van der Waals surface area contributed by atoms with Crippen LogP contribution in [-0.2, 0) is 0 Å². The highest BCUT2D eigenvalue weighted by atomic mass is 19.1. The van der Waals surface area contributed by atoms with Gasteiger partial charge in [-0.25, -0.2) is 13.8 Å². The van der Waals surface area contributed by atoms with Gasteiger partial charge in [0.1, 0.15) is 22.5 Å². The molecule has 9 heteroatoms. The Kier molecular flexibility index (Phi) is 5.71. The van der Waals surface area contributed by atoms with Gasteiger partial charge in [-0.15, -0.1) is 0 Å². The van der Waals surface area contributed by atoms with E-state index in [-0.39, 0.29) is 16.7 Å². The Morgan fingerprint density at radius 1 is 0.949 bits per heavy atom. The molecule has 39 heavy (non-hydrogen) atoms. The van der Waals surface area contributed by atoms with Crippen molar-refractivity contribution in [3.63, 3.8) is 0 Å². The number of pyridine rings is 2. The average Bonchev–Trinajstić information content (AvgIpc) is 3.52. The number of anilines is 1. The molecule has 0 bridgehead atoms. The summed E-state index contributed by atoms with van der Waals surface area (Å²) >= 11 is 0. The van der Waals surface area contributed by atoms with Crippen molar-refractivity contribution in [2.45, 2.75) is 20.8 Å². The number of rotatable bonds is 5. The highest BCUT2D eigenvalue weighted by molar-refractivity contribution is 5.98. The molecule has 6 rings (SSSR count). The Hall–Kier alpha value is -4.92. The van der Waals surface area contributed by atoms with E-state index in [2.05, 4.69) is 57.8 Å². The topological polar surface area (TPSA) is 95.2 Å². The van der Waals surface area contributed by atoms with Crippen molar-refractivity contribution in [1.82, 2.24) is 30.1 Å². The maximum atomic E-state index is 15.2. The fourth-order valence-electron chi connectivity index (χ4n) is 4.35. The van der Waals surface area contributed by atoms with Gasteiger partial charge >= 0.3 is 0 Å². The molecule has 6 aromatic rings. The zero-order chi connectivity index (χ0) is 27.3. The Morgan fingerprint density at radius 3 is 2.59 bits per heavy atom. The van der Waals surface area contributed by atoms with Crippen LogP contribution >= 0.6 is 0 Å². The molecule has 0 atom stereocenters. The Morgan fingerprint density at radius 2 is 1.79 bits per heavy atom. The van der Waals surface area contributed by atoms with E-state index >= 15 is 4.39 Å². The van der Waals surface area contributed by atoms with E-state index in [1.807, 2.05) is 12.1 Å². The monoisotopic (exact) mass is 521 g/mol. The first-order valence-electron chi connectivity index (χ1n) is 12.4. The van der Waals surface area contributed by atoms with Gasteiger partial charge in [0.25, 0.3) is 0 Å². The molecule has 2 aromatic carbocycles. The van der Waals surface area contributed by atoms with Crippen LogP contribution < -0.4 is 5.32 Å². The molecule has 0 spiro atoms. The lowest BCUT2D eigenvalue weighted by Crippen LogP contribution is -2.15. The third-order valence-electron chi connectivity index (χ3n) is 6.62. The quantitative estimate of drug-likeness (QED) is 0.219. The summed E-state index contributed by atoms with van der Waals surface area (Å²) in [5.74, 6) is -0.369. The van der Waals surface area contributed by atoms with Crippen LogP contribution in [0.1, 0.15) is 20.8 Å². The van der Waals surface area contributed by atoms with Gasteiger partial charge in [-0.05, 0) is 42.0 Å². The van der Waals surface area contributed by atoms with Crippen LogP contribution in [0.4, 0.5) is 14.5 Å². The molecular formula is C30H25F2N7. The van der Waals surface area contributed by atoms with Crippen molar-refractivity contribution in [2.75, 3.05) is 5.32 Å². The van der Waals surface area contributed by atoms with Gasteiger partial charge < -0.3 is 10.3 Å². The van der Waals surface area contributed by atoms with E-state index < -0.39 is 5.82 Å². The zero-order valence-electron chi connectivity index (χ0n) is 21.6. The second-order valence-corrected chi connectivity index (χ2v) is 10.4. The number of aromatic nitrogens is 6. The first-order chi connectivity index (χ1) is 18.7. The molecule has 0 saturated heterocycles. The third-order valence-corrected chi connectivity index (χ3v) is 6.62. The predicted octanol–water partition coefficient (Wildman–Crippen LogP) is 7.48. The fraction of sp³-hybridized carbons (Fsp3) is 0.133. The smallest absolute Gasteiger partial charge is 0.157 e. The van der Waals surface area contributed by atoms with Crippen molar-refractivity contribution < 1.29 is 8.78 Å². The third kappa shape index (κ3) is 4.52. The van der Waals surface area contributed by atoms with Gasteiger partial charge in [0, 0.05) is 40.0 Å². The standard InChI is InChI=1S/C30H25F2N7/c1-16(30(2,3)4)35-21-11-19(14-33-15-21)18-12-22-26(23(32)13-18)38-39-27(22)29-36-24-8-9-34-25(28(24)37-29)17-6-5-7-20(31)10-17/h5-15,35H,1H2,2-4H3,(H,36,37)(H,38,39). The number of imidazole rings is 1. The van der Waals surface area contributed by atoms with Crippen LogP contribution in [0.15, 0.2) is 79.4 Å². The van der Waals surface area contributed by atoms with E-state index in [1.165, 1.54) is 18.2 Å². The fourth-order valence-corrected chi connectivity index (χ4v) is 4.35. The van der Waals surface area contributed by atoms with Crippen molar-refractivity contribution in [3.8, 4) is 33.9 Å². The van der Waals surface area contributed by atoms with Crippen LogP contribution in [0.25, 0.3) is 55.8 Å². The zero-order valence-corrected chi connectivity index (χ0v) is 21.6. The number of halogens is 2. The Balaban J connectivity index is 1.43. The van der Waals surface area contributed by atoms with E-state index in [9.17, 15) is 4.39 Å². The summed E-state index contributed by atoms with van der Waals surface area (Å²) in [6.07, 6.45) is 5.02. The summed E-state index contributed by atoms with van der Waals surface area (Å²) in [4.78, 5) is 16.8. The summed E-state index contributed by atoms with van der Waals surface area (Å²) in [6, 6.07) is 13.2. The van der Waals surface area contributed by atoms with E-state index in [0.717, 1.165) is 16.9 Å². The number of H-pyrrole nitrogens is 2. The summed E-state index contributed by atoms with van der Waals surface area (Å²) < 4.78 is 29.1. The molecule has 0 radical (unpaired) electrons. The minimum atomic E-state index is -0.472. The van der Waals surface area contributed by atoms with Crippen molar-refractivity contribution >= 4 is 27.6 Å². The van der Waals surface area contributed by atoms with Gasteiger partial charge in [0.15, 0.2) is 11.6 Å². The summed E-state index contributed by atoms with van der Waals surface area (Å²) in [5.41, 5.74) is 5.98. The number of hydrogen-bond acceptors (Lipinski definition) is 5. The molecule has 0 saturated carbocycles. The number of hydrogen-bond donors (Lipinski definition) is 3. The van der Waals surface area contributed by atoms with Crippen LogP contribution in [0.3, 0.4) is 0 Å². The van der Waals surface area contributed by atoms with E-state index in [4.69, 9.17) is 4.98 Å². The molecule has 3 N–H and O–H groups in total. The van der Waals surface area contributed by atoms with Crippen molar-refractivity contribution in [2.24, 2.45) is 5.41 Å². The maximum absolute atomic E-state index is 15.2. The molecule has 0 unspecified atom stereocenters. The van der Waals surface area contributed by atoms with E-state index in [0.29, 0.717) is 44.8 Å². The van der Waals surface area contributed by atoms with Crippen LogP contribution in [0.2, 0.25) is 0 Å². The SMILES string of the molecule is C=C(Nc1cncc(-c2cc(F)c3n[nH]c(-c4nc5c(-c6cccc(F)c6)nccc5[nH]4)c3c2)c1)C(C)(C)C. The summed E-state index contributed by atoms with van der Waals surface area (Å²) in [5, 5.41) is 11.0. The Labute approximate surface area is 223 Å². The molecule has 0 aliphatic heterocycles. The lowest BCUT2D eigenvalue weighted by Gasteiger charge is -2.23. The molecular weight excluding hydrogens is 496 g/mol. The van der Waals surface area contributed by atoms with Gasteiger partial charge in [0.05, 0.1) is 23.1 Å². The second kappa shape index (κ2) is 9.13. The molecule has 0 aliphatic rings. The maximum Gasteiger partial charge on any atom is 0.157 e. The van der Waals surface area contributed by atoms with Gasteiger partial charge in [-0.3, -0.25) is 15.1 Å². The molecule has 0 amide bonds. The normalized spacial score (nSPS) is 11.8. The van der Waals surface area contributed by atoms with Crippen molar-refractivity contribution in [3.05, 3.63) is 91.0 Å². The second-order valence-electron chi connectivity index (χ2n) is 10.4. The van der Waals surface area contributed by atoms with Crippen LogP contribution in [0.5, 0.6) is 0 Å². The molecule has 7 nitrogen and oxygen atoms in total. The number of aromatic amines is 2. The van der Waals surface area contributed by atoms with Crippen LogP contribution in [-0.4, -0.2) is 30.1 Å². The molecule has 0 fully saturated rings. The number of nitrogens with one attached hydrogen (secondary N) is 3. The Bertz CT molecular complexity index is 1880. The minimum Gasteiger partial charge on any atom is -0.358 e. The highest BCUT2D eigenvalue weighted by Gasteiger charge is 2.19. The number of nitrogens with zero attached hydrogens (tertiary/aromatic N) is 4. The van der Waals surface area contributed by atoms with Crippen molar-refractivity contribution in [1.29, 1.82) is 0 Å². The van der Waals surface area contributed by atoms with E-state index in [1.54, 1.807) is 36.8 Å². The average molecular weight is 522 g/mol. The lowest BCUT2D eigenvalue weighted by atomic mass is 9.93. The summed E-state index contributed by atoms with van der Waals surface area (Å²) in [6.45, 7) is 10.3. The summed E-state index contributed by atoms with van der Waals surface area (Å²) in [7, 11) is 0. The first kappa shape index (κ1) is 24.4. The van der Waals surface area contributed by atoms with Gasteiger partial charge in [0.2, 0.25) is 0 Å². The lowest BCUT2D eigenvalue weighted by molar-refractivity contribution is 0.509. The highest BCUT2D eigenvalue weighted by Crippen LogP contribution is 2.34. The van der Waals surface area contributed by atoms with Crippen LogP contribution in [0, 0.1) is 17.0 Å². The van der Waals surface area contributed by atoms with Gasteiger partial charge in [-0.2, -0.15) is 5.10 Å². The predicted molar refractivity (Wildman–Crippen MR) is 150 cm³/mol. The number of allylic oxidation sites excluding steroid dienone is 1. The molecule has 4 heterocycles. The number of benzene rings is 2. The minimum absolute atomic E-state index is 0.136. The molecule has 194 valence electrons. The first-order valence-corrected chi connectivity index (χ1v) is 12.4. The molecule has 4 aromatic heterocycles.